The first-order valence-electron chi connectivity index (χ1n) is 9.57. The van der Waals surface area contributed by atoms with Gasteiger partial charge in [0.2, 0.25) is 0 Å². The number of rotatable bonds is 6. The Hall–Kier alpha value is -1.23. The molecule has 3 rings (SSSR count). The average Bonchev–Trinajstić information content (AvgIpc) is 3.23. The van der Waals surface area contributed by atoms with Crippen LogP contribution in [0.5, 0.6) is 0 Å². The van der Waals surface area contributed by atoms with Gasteiger partial charge in [0, 0.05) is 34.3 Å². The molecule has 2 aromatic rings. The summed E-state index contributed by atoms with van der Waals surface area (Å²) in [5.41, 5.74) is 1.43. The largest absolute Gasteiger partial charge is 0.390 e. The molecule has 0 bridgehead atoms. The second kappa shape index (κ2) is 7.06. The van der Waals surface area contributed by atoms with Crippen LogP contribution in [0.25, 0.3) is 0 Å². The van der Waals surface area contributed by atoms with Gasteiger partial charge in [0.25, 0.3) is 0 Å². The Balaban J connectivity index is 1.80. The van der Waals surface area contributed by atoms with Crippen LogP contribution in [0.4, 0.5) is 0 Å². The zero-order chi connectivity index (χ0) is 19.0. The van der Waals surface area contributed by atoms with Crippen molar-refractivity contribution in [3.63, 3.8) is 0 Å². The molecule has 0 radical (unpaired) electrons. The minimum absolute atomic E-state index is 0.0770. The smallest absolute Gasteiger partial charge is 0.0660 e. The van der Waals surface area contributed by atoms with Gasteiger partial charge >= 0.3 is 0 Å². The SMILES string of the molecule is Cc1ccc(C(C)(C)N2CCC(CCc3cccs3)(C(C)(C)O)C2)cn1. The molecule has 1 N–H and O–H groups in total. The molecular weight excluding hydrogens is 340 g/mol. The number of hydrogen-bond acceptors (Lipinski definition) is 4. The van der Waals surface area contributed by atoms with Crippen LogP contribution in [-0.4, -0.2) is 33.7 Å². The van der Waals surface area contributed by atoms with Gasteiger partial charge in [0.15, 0.2) is 0 Å². The van der Waals surface area contributed by atoms with Crippen LogP contribution < -0.4 is 0 Å². The van der Waals surface area contributed by atoms with Crippen molar-refractivity contribution in [3.8, 4) is 0 Å². The highest BCUT2D eigenvalue weighted by atomic mass is 32.1. The van der Waals surface area contributed by atoms with Crippen molar-refractivity contribution in [3.05, 3.63) is 52.0 Å². The summed E-state index contributed by atoms with van der Waals surface area (Å²) < 4.78 is 0. The molecule has 26 heavy (non-hydrogen) atoms. The second-order valence-electron chi connectivity index (χ2n) is 8.84. The van der Waals surface area contributed by atoms with E-state index in [1.54, 1.807) is 0 Å². The Morgan fingerprint density at radius 1 is 1.23 bits per heavy atom. The summed E-state index contributed by atoms with van der Waals surface area (Å²) in [6.45, 7) is 12.5. The predicted octanol–water partition coefficient (Wildman–Crippen LogP) is 4.78. The van der Waals surface area contributed by atoms with Crippen LogP contribution in [0.2, 0.25) is 0 Å². The molecular formula is C22H32N2OS. The third-order valence-electron chi connectivity index (χ3n) is 6.49. The fourth-order valence-electron chi connectivity index (χ4n) is 4.19. The van der Waals surface area contributed by atoms with Crippen molar-refractivity contribution < 1.29 is 5.11 Å². The van der Waals surface area contributed by atoms with Gasteiger partial charge in [-0.25, -0.2) is 0 Å². The fraction of sp³-hybridized carbons (Fsp3) is 0.591. The molecule has 0 saturated carbocycles. The van der Waals surface area contributed by atoms with Crippen LogP contribution in [0.3, 0.4) is 0 Å². The second-order valence-corrected chi connectivity index (χ2v) is 9.87. The first-order valence-corrected chi connectivity index (χ1v) is 10.4. The lowest BCUT2D eigenvalue weighted by Gasteiger charge is -2.43. The van der Waals surface area contributed by atoms with Crippen molar-refractivity contribution in [1.82, 2.24) is 9.88 Å². The van der Waals surface area contributed by atoms with Crippen molar-refractivity contribution >= 4 is 11.3 Å². The molecule has 0 aliphatic carbocycles. The lowest BCUT2D eigenvalue weighted by molar-refractivity contribution is -0.0594. The Morgan fingerprint density at radius 3 is 2.58 bits per heavy atom. The number of pyridine rings is 1. The molecule has 0 aromatic carbocycles. The first kappa shape index (κ1) is 19.5. The molecule has 1 unspecified atom stereocenters. The molecule has 142 valence electrons. The summed E-state index contributed by atoms with van der Waals surface area (Å²) >= 11 is 1.82. The molecule has 4 heteroatoms. The topological polar surface area (TPSA) is 36.4 Å². The molecule has 0 amide bonds. The quantitative estimate of drug-likeness (QED) is 0.792. The highest BCUT2D eigenvalue weighted by Crippen LogP contribution is 2.47. The van der Waals surface area contributed by atoms with E-state index in [9.17, 15) is 5.11 Å². The number of aryl methyl sites for hydroxylation is 2. The third-order valence-corrected chi connectivity index (χ3v) is 7.43. The van der Waals surface area contributed by atoms with Crippen LogP contribution in [0.15, 0.2) is 35.8 Å². The number of aliphatic hydroxyl groups is 1. The number of hydrogen-bond donors (Lipinski definition) is 1. The molecule has 0 spiro atoms. The molecule has 3 nitrogen and oxygen atoms in total. The predicted molar refractivity (Wildman–Crippen MR) is 110 cm³/mol. The summed E-state index contributed by atoms with van der Waals surface area (Å²) in [5, 5.41) is 13.2. The minimum atomic E-state index is -0.694. The van der Waals surface area contributed by atoms with E-state index in [0.717, 1.165) is 38.0 Å². The number of aromatic nitrogens is 1. The Morgan fingerprint density at radius 2 is 2.00 bits per heavy atom. The van der Waals surface area contributed by atoms with Crippen molar-refractivity contribution in [1.29, 1.82) is 0 Å². The van der Waals surface area contributed by atoms with E-state index in [1.165, 1.54) is 10.4 Å². The summed E-state index contributed by atoms with van der Waals surface area (Å²) in [4.78, 5) is 8.44. The molecule has 3 heterocycles. The molecule has 2 aromatic heterocycles. The highest BCUT2D eigenvalue weighted by molar-refractivity contribution is 7.09. The average molecular weight is 373 g/mol. The standard InChI is InChI=1S/C22H32N2OS/c1-17-8-9-18(15-23-17)20(2,3)24-13-12-22(16-24,21(4,5)25)11-10-19-7-6-14-26-19/h6-9,14-15,25H,10-13,16H2,1-5H3. The van der Waals surface area contributed by atoms with Crippen LogP contribution >= 0.6 is 11.3 Å². The third kappa shape index (κ3) is 3.73. The zero-order valence-corrected chi connectivity index (χ0v) is 17.6. The fourth-order valence-corrected chi connectivity index (χ4v) is 4.90. The van der Waals surface area contributed by atoms with Gasteiger partial charge in [-0.2, -0.15) is 0 Å². The Bertz CT molecular complexity index is 716. The lowest BCUT2D eigenvalue weighted by atomic mass is 9.69. The maximum Gasteiger partial charge on any atom is 0.0660 e. The van der Waals surface area contributed by atoms with Gasteiger partial charge in [-0.05, 0) is 83.5 Å². The minimum Gasteiger partial charge on any atom is -0.390 e. The first-order chi connectivity index (χ1) is 12.1. The maximum atomic E-state index is 11.1. The highest BCUT2D eigenvalue weighted by Gasteiger charge is 2.50. The van der Waals surface area contributed by atoms with Crippen LogP contribution in [0, 0.1) is 12.3 Å². The summed E-state index contributed by atoms with van der Waals surface area (Å²) in [7, 11) is 0. The van der Waals surface area contributed by atoms with Gasteiger partial charge in [0.05, 0.1) is 5.60 Å². The van der Waals surface area contributed by atoms with E-state index in [4.69, 9.17) is 0 Å². The zero-order valence-electron chi connectivity index (χ0n) is 16.7. The van der Waals surface area contributed by atoms with Crippen LogP contribution in [0.1, 0.15) is 56.7 Å². The monoisotopic (exact) mass is 372 g/mol. The van der Waals surface area contributed by atoms with Crippen molar-refractivity contribution in [2.45, 2.75) is 65.0 Å². The van der Waals surface area contributed by atoms with Gasteiger partial charge < -0.3 is 5.11 Å². The van der Waals surface area contributed by atoms with E-state index in [-0.39, 0.29) is 11.0 Å². The summed E-state index contributed by atoms with van der Waals surface area (Å²) in [6, 6.07) is 8.60. The van der Waals surface area contributed by atoms with Gasteiger partial charge in [-0.1, -0.05) is 12.1 Å². The summed E-state index contributed by atoms with van der Waals surface area (Å²) in [5.74, 6) is 0. The van der Waals surface area contributed by atoms with Gasteiger partial charge in [-0.15, -0.1) is 11.3 Å². The van der Waals surface area contributed by atoms with E-state index < -0.39 is 5.60 Å². The molecule has 1 atom stereocenters. The number of thiophene rings is 1. The van der Waals surface area contributed by atoms with Crippen molar-refractivity contribution in [2.24, 2.45) is 5.41 Å². The molecule has 1 aliphatic heterocycles. The van der Waals surface area contributed by atoms with Crippen LogP contribution in [-0.2, 0) is 12.0 Å². The summed E-state index contributed by atoms with van der Waals surface area (Å²) in [6.07, 6.45) is 5.10. The lowest BCUT2D eigenvalue weighted by Crippen LogP contribution is -2.48. The Labute approximate surface area is 162 Å². The van der Waals surface area contributed by atoms with Gasteiger partial charge in [-0.3, -0.25) is 9.88 Å². The van der Waals surface area contributed by atoms with E-state index in [2.05, 4.69) is 53.4 Å². The van der Waals surface area contributed by atoms with E-state index in [0.29, 0.717) is 0 Å². The normalized spacial score (nSPS) is 22.1. The van der Waals surface area contributed by atoms with E-state index in [1.807, 2.05) is 38.3 Å². The van der Waals surface area contributed by atoms with E-state index >= 15 is 0 Å². The maximum absolute atomic E-state index is 11.1. The number of nitrogens with zero attached hydrogens (tertiary/aromatic N) is 2. The van der Waals surface area contributed by atoms with Gasteiger partial charge in [0.1, 0.15) is 0 Å². The molecule has 1 saturated heterocycles. The van der Waals surface area contributed by atoms with Crippen molar-refractivity contribution in [2.75, 3.05) is 13.1 Å². The molecule has 1 aliphatic rings. The molecule has 1 fully saturated rings. The Kier molecular flexibility index (Phi) is 5.31. The number of likely N-dealkylation sites (tertiary alicyclic amines) is 1.